The molecule has 0 radical (unpaired) electrons. The summed E-state index contributed by atoms with van der Waals surface area (Å²) in [6.45, 7) is 1.16. The number of halogens is 6. The van der Waals surface area contributed by atoms with E-state index in [0.717, 1.165) is 5.56 Å². The van der Waals surface area contributed by atoms with Gasteiger partial charge in [-0.2, -0.15) is 13.2 Å². The van der Waals surface area contributed by atoms with Gasteiger partial charge >= 0.3 is 12.3 Å². The Morgan fingerprint density at radius 3 is 2.23 bits per heavy atom. The number of rotatable bonds is 3. The van der Waals surface area contributed by atoms with Gasteiger partial charge in [0.2, 0.25) is 3.79 Å². The van der Waals surface area contributed by atoms with Crippen molar-refractivity contribution in [2.24, 2.45) is 0 Å². The molecule has 0 unspecified atom stereocenters. The molecule has 0 atom stereocenters. The number of aromatic nitrogens is 1. The van der Waals surface area contributed by atoms with Crippen LogP contribution >= 0.6 is 34.8 Å². The molecule has 1 heterocycles. The molecule has 0 saturated carbocycles. The Morgan fingerprint density at radius 1 is 1.19 bits per heavy atom. The largest absolute Gasteiger partial charge is 0.465 e. The number of benzene rings is 1. The first-order valence-corrected chi connectivity index (χ1v) is 8.23. The number of anilines is 1. The summed E-state index contributed by atoms with van der Waals surface area (Å²) in [5.41, 5.74) is -0.0791. The molecule has 0 spiro atoms. The van der Waals surface area contributed by atoms with Crippen LogP contribution in [0, 0.1) is 6.92 Å². The lowest BCUT2D eigenvalue weighted by Gasteiger charge is -2.26. The fourth-order valence-electron chi connectivity index (χ4n) is 2.18. The molecule has 0 aliphatic rings. The number of alkyl halides is 6. The van der Waals surface area contributed by atoms with Crippen LogP contribution in [0.25, 0.3) is 11.3 Å². The van der Waals surface area contributed by atoms with E-state index in [1.807, 2.05) is 6.92 Å². The number of hydrogen-bond donors (Lipinski definition) is 1. The van der Waals surface area contributed by atoms with E-state index in [0.29, 0.717) is 22.7 Å². The van der Waals surface area contributed by atoms with E-state index in [1.165, 1.54) is 0 Å². The molecular weight excluding hydrogens is 416 g/mol. The first kappa shape index (κ1) is 20.6. The monoisotopic (exact) mass is 426 g/mol. The fraction of sp³-hybridized carbons (Fsp3) is 0.250. The van der Waals surface area contributed by atoms with Crippen LogP contribution in [-0.2, 0) is 6.18 Å². The highest BCUT2D eigenvalue weighted by Gasteiger charge is 2.35. The highest BCUT2D eigenvalue weighted by atomic mass is 35.6. The molecule has 1 aromatic carbocycles. The maximum atomic E-state index is 13.1. The van der Waals surface area contributed by atoms with Gasteiger partial charge in [0.1, 0.15) is 0 Å². The second kappa shape index (κ2) is 7.50. The molecule has 10 heteroatoms. The molecule has 1 amide bonds. The summed E-state index contributed by atoms with van der Waals surface area (Å²) in [4.78, 5) is 16.0. The lowest BCUT2D eigenvalue weighted by atomic mass is 10.1. The average molecular weight is 428 g/mol. The summed E-state index contributed by atoms with van der Waals surface area (Å²) in [6.07, 6.45) is -5.66. The van der Waals surface area contributed by atoms with Crippen LogP contribution < -0.4 is 4.90 Å². The number of nitrogens with zero attached hydrogens (tertiary/aromatic N) is 2. The normalized spacial score (nSPS) is 12.1. The quantitative estimate of drug-likeness (QED) is 0.618. The number of aryl methyl sites for hydroxylation is 1. The first-order valence-electron chi connectivity index (χ1n) is 7.10. The minimum absolute atomic E-state index is 0.0228. The molecule has 26 heavy (non-hydrogen) atoms. The van der Waals surface area contributed by atoms with Crippen molar-refractivity contribution in [1.29, 1.82) is 0 Å². The van der Waals surface area contributed by atoms with Gasteiger partial charge in [0.25, 0.3) is 0 Å². The predicted octanol–water partition coefficient (Wildman–Crippen LogP) is 5.93. The number of carbonyl (C=O) groups is 1. The average Bonchev–Trinajstić information content (AvgIpc) is 2.51. The summed E-state index contributed by atoms with van der Waals surface area (Å²) in [6, 6.07) is 7.34. The van der Waals surface area contributed by atoms with E-state index in [-0.39, 0.29) is 11.4 Å². The van der Waals surface area contributed by atoms with Gasteiger partial charge in [-0.3, -0.25) is 9.88 Å². The molecular formula is C16H12Cl3F3N2O2. The highest BCUT2D eigenvalue weighted by Crippen LogP contribution is 2.38. The maximum absolute atomic E-state index is 13.1. The Morgan fingerprint density at radius 2 is 1.77 bits per heavy atom. The third kappa shape index (κ3) is 5.16. The summed E-state index contributed by atoms with van der Waals surface area (Å²) >= 11 is 17.0. The van der Waals surface area contributed by atoms with Crippen molar-refractivity contribution in [3.8, 4) is 11.3 Å². The van der Waals surface area contributed by atoms with Gasteiger partial charge in [-0.25, -0.2) is 4.79 Å². The van der Waals surface area contributed by atoms with Crippen LogP contribution in [0.2, 0.25) is 0 Å². The molecule has 4 nitrogen and oxygen atoms in total. The van der Waals surface area contributed by atoms with Crippen molar-refractivity contribution in [3.05, 3.63) is 47.7 Å². The number of hydrogen-bond acceptors (Lipinski definition) is 2. The summed E-state index contributed by atoms with van der Waals surface area (Å²) in [5, 5.41) is 9.44. The Hall–Kier alpha value is -1.70. The lowest BCUT2D eigenvalue weighted by molar-refractivity contribution is -0.137. The molecule has 2 aromatic rings. The fourth-order valence-corrected chi connectivity index (χ4v) is 2.54. The third-order valence-corrected chi connectivity index (χ3v) is 3.74. The van der Waals surface area contributed by atoms with Gasteiger partial charge in [-0.1, -0.05) is 64.6 Å². The Labute approximate surface area is 162 Å². The van der Waals surface area contributed by atoms with Crippen molar-refractivity contribution in [1.82, 2.24) is 4.98 Å². The zero-order valence-corrected chi connectivity index (χ0v) is 15.5. The van der Waals surface area contributed by atoms with Crippen LogP contribution in [-0.4, -0.2) is 26.5 Å². The van der Waals surface area contributed by atoms with Gasteiger partial charge in [-0.15, -0.1) is 0 Å². The van der Waals surface area contributed by atoms with Crippen LogP contribution in [0.3, 0.4) is 0 Å². The zero-order valence-electron chi connectivity index (χ0n) is 13.2. The van der Waals surface area contributed by atoms with Gasteiger partial charge in [-0.05, 0) is 13.0 Å². The predicted molar refractivity (Wildman–Crippen MR) is 95.1 cm³/mol. The third-order valence-electron chi connectivity index (χ3n) is 3.38. The van der Waals surface area contributed by atoms with E-state index in [2.05, 4.69) is 4.98 Å². The van der Waals surface area contributed by atoms with Crippen molar-refractivity contribution >= 4 is 46.6 Å². The summed E-state index contributed by atoms with van der Waals surface area (Å²) in [5.74, 6) is 0. The van der Waals surface area contributed by atoms with Gasteiger partial charge in [0.05, 0.1) is 23.5 Å². The molecule has 0 aliphatic carbocycles. The van der Waals surface area contributed by atoms with Crippen LogP contribution in [0.5, 0.6) is 0 Å². The van der Waals surface area contributed by atoms with Crippen LogP contribution in [0.1, 0.15) is 11.1 Å². The second-order valence-electron chi connectivity index (χ2n) is 5.44. The Kier molecular flexibility index (Phi) is 5.95. The van der Waals surface area contributed by atoms with Gasteiger partial charge in [0, 0.05) is 11.8 Å². The van der Waals surface area contributed by atoms with Gasteiger partial charge in [0.15, 0.2) is 0 Å². The highest BCUT2D eigenvalue weighted by molar-refractivity contribution is 6.68. The Bertz CT molecular complexity index is 806. The minimum Gasteiger partial charge on any atom is -0.465 e. The van der Waals surface area contributed by atoms with Crippen LogP contribution in [0.15, 0.2) is 36.5 Å². The number of pyridine rings is 1. The van der Waals surface area contributed by atoms with E-state index < -0.39 is 28.2 Å². The van der Waals surface area contributed by atoms with Crippen molar-refractivity contribution < 1.29 is 23.1 Å². The number of carboxylic acid groups (broad SMARTS) is 1. The molecule has 1 N–H and O–H groups in total. The SMILES string of the molecule is Cc1ccc(-c2ncc(C(F)(F)F)cc2N(CC(Cl)(Cl)Cl)C(=O)O)cc1. The second-order valence-corrected chi connectivity index (χ2v) is 7.96. The summed E-state index contributed by atoms with van der Waals surface area (Å²) < 4.78 is 37.2. The topological polar surface area (TPSA) is 53.4 Å². The van der Waals surface area contributed by atoms with Crippen molar-refractivity contribution in [2.75, 3.05) is 11.4 Å². The summed E-state index contributed by atoms with van der Waals surface area (Å²) in [7, 11) is 0. The zero-order chi connectivity index (χ0) is 19.7. The van der Waals surface area contributed by atoms with E-state index >= 15 is 0 Å². The standard InChI is InChI=1S/C16H12Cl3F3N2O2/c1-9-2-4-10(5-3-9)13-12(6-11(7-23-13)16(20,21)22)24(14(25)26)8-15(17,18)19/h2-7H,8H2,1H3,(H,25,26). The van der Waals surface area contributed by atoms with E-state index in [9.17, 15) is 23.1 Å². The first-order chi connectivity index (χ1) is 11.9. The van der Waals surface area contributed by atoms with Crippen molar-refractivity contribution in [2.45, 2.75) is 16.9 Å². The molecule has 140 valence electrons. The molecule has 0 fully saturated rings. The minimum atomic E-state index is -4.71. The number of amides is 1. The molecule has 0 saturated heterocycles. The Balaban J connectivity index is 2.68. The maximum Gasteiger partial charge on any atom is 0.417 e. The molecule has 0 aliphatic heterocycles. The molecule has 0 bridgehead atoms. The van der Waals surface area contributed by atoms with E-state index in [4.69, 9.17) is 34.8 Å². The lowest BCUT2D eigenvalue weighted by Crippen LogP contribution is -2.37. The smallest absolute Gasteiger partial charge is 0.417 e. The van der Waals surface area contributed by atoms with Gasteiger partial charge < -0.3 is 5.11 Å². The molecule has 1 aromatic heterocycles. The van der Waals surface area contributed by atoms with E-state index in [1.54, 1.807) is 24.3 Å². The van der Waals surface area contributed by atoms with Crippen LogP contribution in [0.4, 0.5) is 23.7 Å². The molecule has 2 rings (SSSR count). The van der Waals surface area contributed by atoms with Crippen molar-refractivity contribution in [3.63, 3.8) is 0 Å².